The third kappa shape index (κ3) is 3.78. The fraction of sp³-hybridized carbons (Fsp3) is 0.0435. The second-order valence-electron chi connectivity index (χ2n) is 6.93. The Morgan fingerprint density at radius 2 is 1.45 bits per heavy atom. The Kier molecular flexibility index (Phi) is 5.04. The maximum Gasteiger partial charge on any atom is 0.266 e. The predicted octanol–water partition coefficient (Wildman–Crippen LogP) is 2.66. The number of nitrogens with one attached hydrogen (secondary N) is 1. The number of carbonyl (C=O) groups is 4. The van der Waals surface area contributed by atoms with Gasteiger partial charge in [-0.1, -0.05) is 12.1 Å². The molecular weight excluding hydrogens is 401 g/mol. The lowest BCUT2D eigenvalue weighted by atomic mass is 10.1. The highest BCUT2D eigenvalue weighted by atomic mass is 19.1. The zero-order valence-corrected chi connectivity index (χ0v) is 16.1. The molecule has 3 N–H and O–H groups in total. The van der Waals surface area contributed by atoms with E-state index in [1.54, 1.807) is 24.3 Å². The molecule has 0 radical (unpaired) electrons. The smallest absolute Gasteiger partial charge is 0.266 e. The molecule has 1 aliphatic heterocycles. The van der Waals surface area contributed by atoms with Crippen LogP contribution in [0.25, 0.3) is 0 Å². The van der Waals surface area contributed by atoms with Crippen molar-refractivity contribution in [3.8, 4) is 0 Å². The highest BCUT2D eigenvalue weighted by Crippen LogP contribution is 2.29. The quantitative estimate of drug-likeness (QED) is 0.622. The number of fused-ring (bicyclic) bond motifs is 1. The van der Waals surface area contributed by atoms with Crippen LogP contribution in [0.2, 0.25) is 0 Å². The lowest BCUT2D eigenvalue weighted by Crippen LogP contribution is -2.29. The maximum atomic E-state index is 13.2. The molecule has 7 nitrogen and oxygen atoms in total. The standard InChI is InChI=1S/C23H16FN3O4/c24-16-6-8-17(9-7-16)27-22(30)18-10-5-15(11-19(18)23(27)31)21(29)26-12-13-1-3-14(4-2-13)20(25)28/h1-11H,12H2,(H2,25,28)(H,26,29). The number of nitrogens with zero attached hydrogens (tertiary/aromatic N) is 1. The second-order valence-corrected chi connectivity index (χ2v) is 6.93. The fourth-order valence-corrected chi connectivity index (χ4v) is 3.28. The van der Waals surface area contributed by atoms with E-state index in [0.29, 0.717) is 5.56 Å². The Hall–Kier alpha value is -4.33. The van der Waals surface area contributed by atoms with E-state index < -0.39 is 29.4 Å². The molecule has 0 unspecified atom stereocenters. The van der Waals surface area contributed by atoms with Crippen molar-refractivity contribution >= 4 is 29.3 Å². The SMILES string of the molecule is NC(=O)c1ccc(CNC(=O)c2ccc3c(c2)C(=O)N(c2ccc(F)cc2)C3=O)cc1. The summed E-state index contributed by atoms with van der Waals surface area (Å²) < 4.78 is 13.2. The fourth-order valence-electron chi connectivity index (χ4n) is 3.28. The summed E-state index contributed by atoms with van der Waals surface area (Å²) in [5.41, 5.74) is 7.07. The van der Waals surface area contributed by atoms with Gasteiger partial charge in [0.15, 0.2) is 0 Å². The van der Waals surface area contributed by atoms with E-state index in [-0.39, 0.29) is 28.9 Å². The highest BCUT2D eigenvalue weighted by Gasteiger charge is 2.37. The van der Waals surface area contributed by atoms with Crippen molar-refractivity contribution in [2.75, 3.05) is 4.90 Å². The van der Waals surface area contributed by atoms with Crippen LogP contribution in [0.5, 0.6) is 0 Å². The normalized spacial score (nSPS) is 12.6. The molecule has 0 aromatic heterocycles. The first-order valence-corrected chi connectivity index (χ1v) is 9.30. The number of rotatable bonds is 5. The van der Waals surface area contributed by atoms with Crippen LogP contribution in [0, 0.1) is 5.82 Å². The first-order valence-electron chi connectivity index (χ1n) is 9.30. The minimum absolute atomic E-state index is 0.104. The molecular formula is C23H16FN3O4. The van der Waals surface area contributed by atoms with Crippen LogP contribution in [0.1, 0.15) is 47.0 Å². The molecule has 4 rings (SSSR count). The summed E-state index contributed by atoms with van der Waals surface area (Å²) in [6.45, 7) is 0.198. The van der Waals surface area contributed by atoms with Gasteiger partial charge in [0, 0.05) is 17.7 Å². The highest BCUT2D eigenvalue weighted by molar-refractivity contribution is 6.34. The number of hydrogen-bond donors (Lipinski definition) is 2. The number of halogens is 1. The molecule has 0 atom stereocenters. The van der Waals surface area contributed by atoms with E-state index in [2.05, 4.69) is 5.32 Å². The van der Waals surface area contributed by atoms with Crippen molar-refractivity contribution < 1.29 is 23.6 Å². The lowest BCUT2D eigenvalue weighted by molar-refractivity contribution is 0.0922. The van der Waals surface area contributed by atoms with Crippen molar-refractivity contribution in [1.29, 1.82) is 0 Å². The summed E-state index contributed by atoms with van der Waals surface area (Å²) >= 11 is 0. The zero-order valence-electron chi connectivity index (χ0n) is 16.1. The molecule has 1 aliphatic rings. The van der Waals surface area contributed by atoms with Gasteiger partial charge in [-0.05, 0) is 60.2 Å². The molecule has 4 amide bonds. The molecule has 0 spiro atoms. The molecule has 3 aromatic carbocycles. The largest absolute Gasteiger partial charge is 0.366 e. The van der Waals surface area contributed by atoms with Crippen molar-refractivity contribution in [1.82, 2.24) is 5.32 Å². The average molecular weight is 417 g/mol. The Morgan fingerprint density at radius 1 is 0.839 bits per heavy atom. The number of amides is 4. The molecule has 0 saturated heterocycles. The van der Waals surface area contributed by atoms with Gasteiger partial charge in [0.05, 0.1) is 16.8 Å². The average Bonchev–Trinajstić information content (AvgIpc) is 3.02. The number of nitrogens with two attached hydrogens (primary N) is 1. The van der Waals surface area contributed by atoms with Crippen LogP contribution >= 0.6 is 0 Å². The monoisotopic (exact) mass is 417 g/mol. The van der Waals surface area contributed by atoms with Crippen LogP contribution in [0.15, 0.2) is 66.7 Å². The first kappa shape index (κ1) is 20.0. The van der Waals surface area contributed by atoms with Crippen molar-refractivity contribution in [2.24, 2.45) is 5.73 Å². The molecule has 154 valence electrons. The van der Waals surface area contributed by atoms with Gasteiger partial charge in [0.1, 0.15) is 5.82 Å². The van der Waals surface area contributed by atoms with Gasteiger partial charge in [-0.2, -0.15) is 0 Å². The Bertz CT molecular complexity index is 1220. The van der Waals surface area contributed by atoms with Crippen molar-refractivity contribution in [3.05, 3.63) is 100 Å². The topological polar surface area (TPSA) is 110 Å². The minimum Gasteiger partial charge on any atom is -0.366 e. The lowest BCUT2D eigenvalue weighted by Gasteiger charge is -2.13. The molecule has 8 heteroatoms. The summed E-state index contributed by atoms with van der Waals surface area (Å²) in [7, 11) is 0. The summed E-state index contributed by atoms with van der Waals surface area (Å²) in [5, 5.41) is 2.72. The Morgan fingerprint density at radius 3 is 2.10 bits per heavy atom. The zero-order chi connectivity index (χ0) is 22.1. The van der Waals surface area contributed by atoms with E-state index in [9.17, 15) is 23.6 Å². The number of hydrogen-bond acceptors (Lipinski definition) is 4. The van der Waals surface area contributed by atoms with Gasteiger partial charge in [0.2, 0.25) is 5.91 Å². The van der Waals surface area contributed by atoms with Crippen LogP contribution in [0.4, 0.5) is 10.1 Å². The Labute approximate surface area is 176 Å². The van der Waals surface area contributed by atoms with Crippen LogP contribution in [-0.2, 0) is 6.54 Å². The van der Waals surface area contributed by atoms with E-state index in [1.807, 2.05) is 0 Å². The maximum absolute atomic E-state index is 13.2. The molecule has 1 heterocycles. The summed E-state index contributed by atoms with van der Waals surface area (Å²) in [6.07, 6.45) is 0. The Balaban J connectivity index is 1.50. The summed E-state index contributed by atoms with van der Waals surface area (Å²) in [5.74, 6) is -2.56. The van der Waals surface area contributed by atoms with Crippen LogP contribution in [-0.4, -0.2) is 23.6 Å². The molecule has 3 aromatic rings. The van der Waals surface area contributed by atoms with Crippen LogP contribution in [0.3, 0.4) is 0 Å². The van der Waals surface area contributed by atoms with Crippen LogP contribution < -0.4 is 16.0 Å². The van der Waals surface area contributed by atoms with E-state index in [0.717, 1.165) is 22.6 Å². The number of primary amides is 1. The molecule has 0 saturated carbocycles. The third-order valence-electron chi connectivity index (χ3n) is 4.93. The molecule has 0 aliphatic carbocycles. The number of anilines is 1. The first-order chi connectivity index (χ1) is 14.8. The van der Waals surface area contributed by atoms with Gasteiger partial charge in [0.25, 0.3) is 17.7 Å². The van der Waals surface area contributed by atoms with Crippen molar-refractivity contribution in [3.63, 3.8) is 0 Å². The van der Waals surface area contributed by atoms with Gasteiger partial charge in [-0.15, -0.1) is 0 Å². The van der Waals surface area contributed by atoms with E-state index >= 15 is 0 Å². The number of benzene rings is 3. The predicted molar refractivity (Wildman–Crippen MR) is 110 cm³/mol. The molecule has 31 heavy (non-hydrogen) atoms. The number of carbonyl (C=O) groups excluding carboxylic acids is 4. The third-order valence-corrected chi connectivity index (χ3v) is 4.93. The van der Waals surface area contributed by atoms with E-state index in [4.69, 9.17) is 5.73 Å². The van der Waals surface area contributed by atoms with Gasteiger partial charge >= 0.3 is 0 Å². The van der Waals surface area contributed by atoms with E-state index in [1.165, 1.54) is 30.3 Å². The van der Waals surface area contributed by atoms with Gasteiger partial charge in [-0.3, -0.25) is 19.2 Å². The second kappa shape index (κ2) is 7.83. The molecule has 0 bridgehead atoms. The van der Waals surface area contributed by atoms with Gasteiger partial charge in [-0.25, -0.2) is 9.29 Å². The van der Waals surface area contributed by atoms with Gasteiger partial charge < -0.3 is 11.1 Å². The van der Waals surface area contributed by atoms with Crippen molar-refractivity contribution in [2.45, 2.75) is 6.54 Å². The summed E-state index contributed by atoms with van der Waals surface area (Å²) in [6, 6.07) is 15.7. The summed E-state index contributed by atoms with van der Waals surface area (Å²) in [4.78, 5) is 50.0. The number of imide groups is 1. The minimum atomic E-state index is -0.580. The molecule has 0 fully saturated rings.